The normalized spacial score (nSPS) is 12.7. The lowest BCUT2D eigenvalue weighted by molar-refractivity contribution is 0.576. The number of aryl methyl sites for hydroxylation is 1. The van der Waals surface area contributed by atoms with Gasteiger partial charge in [-0.05, 0) is 37.1 Å². The lowest BCUT2D eigenvalue weighted by Crippen LogP contribution is -2.18. The number of rotatable bonds is 4. The Labute approximate surface area is 119 Å². The monoisotopic (exact) mass is 264 g/mol. The van der Waals surface area contributed by atoms with Gasteiger partial charge in [0.05, 0.1) is 0 Å². The van der Waals surface area contributed by atoms with Crippen LogP contribution in [-0.4, -0.2) is 4.98 Å². The zero-order valence-electron chi connectivity index (χ0n) is 12.0. The second-order valence-electron chi connectivity index (χ2n) is 5.37. The largest absolute Gasteiger partial charge is 0.361 e. The molecule has 1 heterocycles. The van der Waals surface area contributed by atoms with Crippen LogP contribution < -0.4 is 5.32 Å². The predicted octanol–water partition coefficient (Wildman–Crippen LogP) is 4.33. The highest BCUT2D eigenvalue weighted by molar-refractivity contribution is 5.82. The smallest absolute Gasteiger partial charge is 0.0457 e. The van der Waals surface area contributed by atoms with E-state index in [1.807, 2.05) is 6.20 Å². The van der Waals surface area contributed by atoms with Crippen LogP contribution in [0, 0.1) is 6.92 Å². The third-order valence-corrected chi connectivity index (χ3v) is 3.86. The van der Waals surface area contributed by atoms with E-state index in [4.69, 9.17) is 0 Å². The Balaban J connectivity index is 1.73. The molecule has 0 aliphatic rings. The number of fused-ring (bicyclic) bond motifs is 1. The zero-order chi connectivity index (χ0) is 13.9. The highest BCUT2D eigenvalue weighted by atomic mass is 14.9. The number of hydrogen-bond donors (Lipinski definition) is 2. The maximum Gasteiger partial charge on any atom is 0.0457 e. The van der Waals surface area contributed by atoms with Crippen LogP contribution in [0.15, 0.2) is 54.7 Å². The standard InChI is InChI=1S/C18H20N2/c1-13-6-8-15(9-7-13)14(2)20-12-16-4-3-5-18-17(16)10-11-19-18/h3-11,14,19-20H,12H2,1-2H3. The van der Waals surface area contributed by atoms with Crippen LogP contribution in [0.2, 0.25) is 0 Å². The fraction of sp³-hybridized carbons (Fsp3) is 0.222. The molecule has 2 N–H and O–H groups in total. The average molecular weight is 264 g/mol. The lowest BCUT2D eigenvalue weighted by atomic mass is 10.1. The Bertz CT molecular complexity index is 695. The van der Waals surface area contributed by atoms with Crippen molar-refractivity contribution in [1.29, 1.82) is 0 Å². The Morgan fingerprint density at radius 2 is 1.85 bits per heavy atom. The van der Waals surface area contributed by atoms with Crippen molar-refractivity contribution in [2.45, 2.75) is 26.4 Å². The van der Waals surface area contributed by atoms with Crippen molar-refractivity contribution in [1.82, 2.24) is 10.3 Å². The fourth-order valence-electron chi connectivity index (χ4n) is 2.54. The van der Waals surface area contributed by atoms with Gasteiger partial charge in [0.1, 0.15) is 0 Å². The van der Waals surface area contributed by atoms with Gasteiger partial charge >= 0.3 is 0 Å². The summed E-state index contributed by atoms with van der Waals surface area (Å²) in [5.41, 5.74) is 5.17. The number of H-pyrrole nitrogens is 1. The Kier molecular flexibility index (Phi) is 3.57. The summed E-state index contributed by atoms with van der Waals surface area (Å²) in [5.74, 6) is 0. The Morgan fingerprint density at radius 3 is 2.65 bits per heavy atom. The summed E-state index contributed by atoms with van der Waals surface area (Å²) in [7, 11) is 0. The Hall–Kier alpha value is -2.06. The first-order valence-electron chi connectivity index (χ1n) is 7.09. The number of nitrogens with one attached hydrogen (secondary N) is 2. The van der Waals surface area contributed by atoms with Gasteiger partial charge in [0.2, 0.25) is 0 Å². The molecule has 0 spiro atoms. The molecule has 0 saturated carbocycles. The molecule has 0 fully saturated rings. The highest BCUT2D eigenvalue weighted by Gasteiger charge is 2.06. The second-order valence-corrected chi connectivity index (χ2v) is 5.37. The zero-order valence-corrected chi connectivity index (χ0v) is 12.0. The van der Waals surface area contributed by atoms with Crippen LogP contribution in [0.5, 0.6) is 0 Å². The molecule has 3 aromatic rings. The SMILES string of the molecule is Cc1ccc(C(C)NCc2cccc3[nH]ccc23)cc1. The van der Waals surface area contributed by atoms with Gasteiger partial charge in [-0.2, -0.15) is 0 Å². The van der Waals surface area contributed by atoms with E-state index in [9.17, 15) is 0 Å². The van der Waals surface area contributed by atoms with Gasteiger partial charge in [-0.15, -0.1) is 0 Å². The summed E-state index contributed by atoms with van der Waals surface area (Å²) in [6, 6.07) is 17.6. The van der Waals surface area contributed by atoms with Crippen LogP contribution in [0.4, 0.5) is 0 Å². The predicted molar refractivity (Wildman–Crippen MR) is 84.7 cm³/mol. The van der Waals surface area contributed by atoms with E-state index in [-0.39, 0.29) is 0 Å². The van der Waals surface area contributed by atoms with Crippen LogP contribution in [-0.2, 0) is 6.54 Å². The summed E-state index contributed by atoms with van der Waals surface area (Å²) in [6.07, 6.45) is 2.00. The van der Waals surface area contributed by atoms with E-state index in [1.165, 1.54) is 27.6 Å². The van der Waals surface area contributed by atoms with E-state index < -0.39 is 0 Å². The Morgan fingerprint density at radius 1 is 1.05 bits per heavy atom. The minimum atomic E-state index is 0.352. The van der Waals surface area contributed by atoms with Crippen molar-refractivity contribution in [3.63, 3.8) is 0 Å². The molecule has 1 unspecified atom stereocenters. The van der Waals surface area contributed by atoms with Gasteiger partial charge in [0.15, 0.2) is 0 Å². The summed E-state index contributed by atoms with van der Waals surface area (Å²) in [4.78, 5) is 3.26. The minimum Gasteiger partial charge on any atom is -0.361 e. The van der Waals surface area contributed by atoms with Crippen molar-refractivity contribution in [3.05, 3.63) is 71.4 Å². The van der Waals surface area contributed by atoms with Crippen LogP contribution in [0.1, 0.15) is 29.7 Å². The van der Waals surface area contributed by atoms with E-state index in [2.05, 4.69) is 72.7 Å². The van der Waals surface area contributed by atoms with E-state index in [1.54, 1.807) is 0 Å². The van der Waals surface area contributed by atoms with Gasteiger partial charge in [-0.25, -0.2) is 0 Å². The van der Waals surface area contributed by atoms with Crippen molar-refractivity contribution < 1.29 is 0 Å². The lowest BCUT2D eigenvalue weighted by Gasteiger charge is -2.15. The average Bonchev–Trinajstić information content (AvgIpc) is 2.94. The van der Waals surface area contributed by atoms with Crippen molar-refractivity contribution >= 4 is 10.9 Å². The molecule has 1 aromatic heterocycles. The summed E-state index contributed by atoms with van der Waals surface area (Å²) in [5, 5.41) is 4.90. The molecule has 2 nitrogen and oxygen atoms in total. The number of aromatic nitrogens is 1. The molecule has 0 bridgehead atoms. The molecule has 0 aliphatic heterocycles. The van der Waals surface area contributed by atoms with Crippen molar-refractivity contribution in [2.24, 2.45) is 0 Å². The highest BCUT2D eigenvalue weighted by Crippen LogP contribution is 2.19. The molecule has 0 saturated heterocycles. The maximum atomic E-state index is 3.60. The van der Waals surface area contributed by atoms with E-state index >= 15 is 0 Å². The summed E-state index contributed by atoms with van der Waals surface area (Å²) in [6.45, 7) is 5.21. The second kappa shape index (κ2) is 5.51. The van der Waals surface area contributed by atoms with E-state index in [0.29, 0.717) is 6.04 Å². The maximum absolute atomic E-state index is 3.60. The molecule has 2 aromatic carbocycles. The van der Waals surface area contributed by atoms with Crippen LogP contribution >= 0.6 is 0 Å². The van der Waals surface area contributed by atoms with Gasteiger partial charge < -0.3 is 10.3 Å². The third kappa shape index (κ3) is 2.61. The fourth-order valence-corrected chi connectivity index (χ4v) is 2.54. The quantitative estimate of drug-likeness (QED) is 0.721. The summed E-state index contributed by atoms with van der Waals surface area (Å²) < 4.78 is 0. The van der Waals surface area contributed by atoms with E-state index in [0.717, 1.165) is 6.54 Å². The van der Waals surface area contributed by atoms with Gasteiger partial charge in [-0.1, -0.05) is 42.0 Å². The third-order valence-electron chi connectivity index (χ3n) is 3.86. The van der Waals surface area contributed by atoms with Gasteiger partial charge in [0.25, 0.3) is 0 Å². The van der Waals surface area contributed by atoms with Crippen LogP contribution in [0.25, 0.3) is 10.9 Å². The molecule has 2 heteroatoms. The molecule has 1 atom stereocenters. The van der Waals surface area contributed by atoms with Gasteiger partial charge in [0, 0.05) is 29.7 Å². The first-order chi connectivity index (χ1) is 9.74. The molecule has 0 amide bonds. The summed E-state index contributed by atoms with van der Waals surface area (Å²) >= 11 is 0. The molecule has 0 aliphatic carbocycles. The number of benzene rings is 2. The molecular weight excluding hydrogens is 244 g/mol. The first-order valence-corrected chi connectivity index (χ1v) is 7.09. The number of aromatic amines is 1. The molecular formula is C18H20N2. The van der Waals surface area contributed by atoms with Gasteiger partial charge in [-0.3, -0.25) is 0 Å². The molecule has 0 radical (unpaired) electrons. The first kappa shape index (κ1) is 12.9. The van der Waals surface area contributed by atoms with Crippen LogP contribution in [0.3, 0.4) is 0 Å². The minimum absolute atomic E-state index is 0.352. The molecule has 102 valence electrons. The molecule has 3 rings (SSSR count). The molecule has 20 heavy (non-hydrogen) atoms. The number of hydrogen-bond acceptors (Lipinski definition) is 1. The van der Waals surface area contributed by atoms with Crippen molar-refractivity contribution in [3.8, 4) is 0 Å². The topological polar surface area (TPSA) is 27.8 Å². The van der Waals surface area contributed by atoms with Crippen molar-refractivity contribution in [2.75, 3.05) is 0 Å².